The van der Waals surface area contributed by atoms with Crippen molar-refractivity contribution in [1.82, 2.24) is 0 Å². The summed E-state index contributed by atoms with van der Waals surface area (Å²) >= 11 is 3.67. The first-order chi connectivity index (χ1) is 10.4. The minimum absolute atomic E-state index is 0.0121. The molecule has 0 unspecified atom stereocenters. The van der Waals surface area contributed by atoms with Crippen LogP contribution < -0.4 is 0 Å². The van der Waals surface area contributed by atoms with Crippen LogP contribution in [0.5, 0.6) is 0 Å². The standard InChI is InChI=1S/C19H19BrO2/c1-19(2)10-15(21)9-16(11-19)22-12-14-8-7-13-5-3-4-6-17(13)18(14)20/h3-9H,10-12H2,1-2H3. The molecule has 1 aliphatic rings. The van der Waals surface area contributed by atoms with Gasteiger partial charge in [0.25, 0.3) is 0 Å². The summed E-state index contributed by atoms with van der Waals surface area (Å²) in [7, 11) is 0. The van der Waals surface area contributed by atoms with Crippen LogP contribution in [0, 0.1) is 5.41 Å². The van der Waals surface area contributed by atoms with Crippen molar-refractivity contribution in [3.8, 4) is 0 Å². The fraction of sp³-hybridized carbons (Fsp3) is 0.316. The molecule has 0 saturated carbocycles. The molecule has 2 nitrogen and oxygen atoms in total. The predicted molar refractivity (Wildman–Crippen MR) is 92.5 cm³/mol. The molecule has 1 aliphatic carbocycles. The molecule has 0 atom stereocenters. The van der Waals surface area contributed by atoms with E-state index in [9.17, 15) is 4.79 Å². The SMILES string of the molecule is CC1(C)CC(=O)C=C(OCc2ccc3ccccc3c2Br)C1. The molecule has 3 rings (SSSR count). The number of fused-ring (bicyclic) bond motifs is 1. The number of ketones is 1. The van der Waals surface area contributed by atoms with Crippen LogP contribution in [0.1, 0.15) is 32.3 Å². The molecular weight excluding hydrogens is 340 g/mol. The van der Waals surface area contributed by atoms with Crippen molar-refractivity contribution >= 4 is 32.5 Å². The number of allylic oxidation sites excluding steroid dienone is 2. The Morgan fingerprint density at radius 3 is 2.68 bits per heavy atom. The smallest absolute Gasteiger partial charge is 0.159 e. The third-order valence-corrected chi connectivity index (χ3v) is 4.92. The summed E-state index contributed by atoms with van der Waals surface area (Å²) in [5.74, 6) is 0.949. The van der Waals surface area contributed by atoms with E-state index in [1.807, 2.05) is 12.1 Å². The van der Waals surface area contributed by atoms with E-state index < -0.39 is 0 Å². The van der Waals surface area contributed by atoms with Gasteiger partial charge in [-0.3, -0.25) is 4.79 Å². The lowest BCUT2D eigenvalue weighted by Crippen LogP contribution is -2.22. The molecule has 0 saturated heterocycles. The summed E-state index contributed by atoms with van der Waals surface area (Å²) in [5, 5.41) is 2.38. The summed E-state index contributed by atoms with van der Waals surface area (Å²) in [4.78, 5) is 11.8. The quantitative estimate of drug-likeness (QED) is 0.734. The molecule has 2 aromatic carbocycles. The van der Waals surface area contributed by atoms with Gasteiger partial charge in [-0.2, -0.15) is 0 Å². The fourth-order valence-corrected chi connectivity index (χ4v) is 3.55. The molecule has 2 aromatic rings. The van der Waals surface area contributed by atoms with E-state index in [2.05, 4.69) is 54.0 Å². The average molecular weight is 359 g/mol. The van der Waals surface area contributed by atoms with Gasteiger partial charge in [0.1, 0.15) is 12.4 Å². The molecule has 0 aliphatic heterocycles. The van der Waals surface area contributed by atoms with E-state index in [-0.39, 0.29) is 11.2 Å². The Kier molecular flexibility index (Phi) is 4.09. The van der Waals surface area contributed by atoms with Crippen molar-refractivity contribution in [2.24, 2.45) is 5.41 Å². The lowest BCUT2D eigenvalue weighted by atomic mass is 9.79. The maximum atomic E-state index is 11.8. The molecule has 0 amide bonds. The maximum Gasteiger partial charge on any atom is 0.159 e. The minimum Gasteiger partial charge on any atom is -0.493 e. The maximum absolute atomic E-state index is 11.8. The molecular formula is C19H19BrO2. The van der Waals surface area contributed by atoms with Gasteiger partial charge in [-0.1, -0.05) is 50.2 Å². The number of hydrogen-bond acceptors (Lipinski definition) is 2. The average Bonchev–Trinajstić information content (AvgIpc) is 2.45. The number of hydrogen-bond donors (Lipinski definition) is 0. The Hall–Kier alpha value is -1.61. The van der Waals surface area contributed by atoms with E-state index in [4.69, 9.17) is 4.74 Å². The highest BCUT2D eigenvalue weighted by atomic mass is 79.9. The Labute approximate surface area is 139 Å². The lowest BCUT2D eigenvalue weighted by molar-refractivity contribution is -0.117. The van der Waals surface area contributed by atoms with Gasteiger partial charge in [0.05, 0.1) is 0 Å². The predicted octanol–water partition coefficient (Wildman–Crippen LogP) is 5.39. The molecule has 0 bridgehead atoms. The zero-order valence-electron chi connectivity index (χ0n) is 12.9. The van der Waals surface area contributed by atoms with Gasteiger partial charge >= 0.3 is 0 Å². The first-order valence-corrected chi connectivity index (χ1v) is 8.26. The number of rotatable bonds is 3. The Morgan fingerprint density at radius 1 is 1.14 bits per heavy atom. The molecule has 114 valence electrons. The highest BCUT2D eigenvalue weighted by Gasteiger charge is 2.28. The molecule has 0 N–H and O–H groups in total. The monoisotopic (exact) mass is 358 g/mol. The van der Waals surface area contributed by atoms with Crippen LogP contribution in [-0.2, 0) is 16.1 Å². The summed E-state index contributed by atoms with van der Waals surface area (Å²) in [6.45, 7) is 4.68. The van der Waals surface area contributed by atoms with Gasteiger partial charge in [0.2, 0.25) is 0 Å². The van der Waals surface area contributed by atoms with Crippen LogP contribution in [0.25, 0.3) is 10.8 Å². The lowest BCUT2D eigenvalue weighted by Gasteiger charge is -2.28. The first-order valence-electron chi connectivity index (χ1n) is 7.47. The zero-order valence-corrected chi connectivity index (χ0v) is 14.4. The van der Waals surface area contributed by atoms with Crippen molar-refractivity contribution in [2.75, 3.05) is 0 Å². The molecule has 0 fully saturated rings. The van der Waals surface area contributed by atoms with Gasteiger partial charge in [0, 0.05) is 29.0 Å². The number of halogens is 1. The van der Waals surface area contributed by atoms with Gasteiger partial charge in [0.15, 0.2) is 5.78 Å². The van der Waals surface area contributed by atoms with Gasteiger partial charge in [-0.25, -0.2) is 0 Å². The van der Waals surface area contributed by atoms with Crippen LogP contribution >= 0.6 is 15.9 Å². The van der Waals surface area contributed by atoms with E-state index >= 15 is 0 Å². The van der Waals surface area contributed by atoms with Gasteiger partial charge in [-0.15, -0.1) is 0 Å². The molecule has 0 radical (unpaired) electrons. The van der Waals surface area contributed by atoms with Crippen molar-refractivity contribution in [3.05, 3.63) is 58.3 Å². The van der Waals surface area contributed by atoms with Gasteiger partial charge in [-0.05, 0) is 32.1 Å². The Bertz CT molecular complexity index is 759. The van der Waals surface area contributed by atoms with E-state index in [1.54, 1.807) is 6.08 Å². The minimum atomic E-state index is -0.0121. The van der Waals surface area contributed by atoms with Crippen LogP contribution in [0.2, 0.25) is 0 Å². The second kappa shape index (κ2) is 5.88. The van der Waals surface area contributed by atoms with E-state index in [0.29, 0.717) is 13.0 Å². The van der Waals surface area contributed by atoms with Crippen molar-refractivity contribution < 1.29 is 9.53 Å². The van der Waals surface area contributed by atoms with Crippen LogP contribution in [0.3, 0.4) is 0 Å². The number of benzene rings is 2. The summed E-state index contributed by atoms with van der Waals surface area (Å²) in [5.41, 5.74) is 1.08. The van der Waals surface area contributed by atoms with E-state index in [1.165, 1.54) is 10.8 Å². The largest absolute Gasteiger partial charge is 0.493 e. The first kappa shape index (κ1) is 15.3. The van der Waals surface area contributed by atoms with Gasteiger partial charge < -0.3 is 4.74 Å². The van der Waals surface area contributed by atoms with E-state index in [0.717, 1.165) is 22.2 Å². The molecule has 22 heavy (non-hydrogen) atoms. The number of ether oxygens (including phenoxy) is 1. The Balaban J connectivity index is 1.80. The van der Waals surface area contributed by atoms with Crippen LogP contribution in [0.15, 0.2) is 52.7 Å². The third kappa shape index (κ3) is 3.25. The second-order valence-electron chi connectivity index (χ2n) is 6.64. The van der Waals surface area contributed by atoms with Crippen LogP contribution in [0.4, 0.5) is 0 Å². The fourth-order valence-electron chi connectivity index (χ4n) is 2.94. The summed E-state index contributed by atoms with van der Waals surface area (Å²) in [6.07, 6.45) is 3.06. The molecule has 0 spiro atoms. The molecule has 0 heterocycles. The van der Waals surface area contributed by atoms with Crippen LogP contribution in [-0.4, -0.2) is 5.78 Å². The van der Waals surface area contributed by atoms with Crippen molar-refractivity contribution in [2.45, 2.75) is 33.3 Å². The number of carbonyl (C=O) groups is 1. The molecule has 0 aromatic heterocycles. The second-order valence-corrected chi connectivity index (χ2v) is 7.44. The number of carbonyl (C=O) groups excluding carboxylic acids is 1. The highest BCUT2D eigenvalue weighted by molar-refractivity contribution is 9.10. The van der Waals surface area contributed by atoms with Crippen molar-refractivity contribution in [1.29, 1.82) is 0 Å². The molecule has 3 heteroatoms. The third-order valence-electron chi connectivity index (χ3n) is 3.98. The normalized spacial score (nSPS) is 17.4. The highest BCUT2D eigenvalue weighted by Crippen LogP contribution is 2.35. The topological polar surface area (TPSA) is 26.3 Å². The summed E-state index contributed by atoms with van der Waals surface area (Å²) < 4.78 is 6.98. The summed E-state index contributed by atoms with van der Waals surface area (Å²) in [6, 6.07) is 12.4. The zero-order chi connectivity index (χ0) is 15.7. The van der Waals surface area contributed by atoms with Crippen molar-refractivity contribution in [3.63, 3.8) is 0 Å². The Morgan fingerprint density at radius 2 is 1.91 bits per heavy atom.